The van der Waals surface area contributed by atoms with E-state index < -0.39 is 28.5 Å². The number of sulfonamides is 1. The smallest absolute Gasteiger partial charge is 0.264 e. The van der Waals surface area contributed by atoms with Crippen LogP contribution in [0.4, 0.5) is 5.69 Å². The molecule has 0 spiro atoms. The van der Waals surface area contributed by atoms with Crippen molar-refractivity contribution in [1.82, 2.24) is 10.2 Å². The lowest BCUT2D eigenvalue weighted by Gasteiger charge is -2.32. The lowest BCUT2D eigenvalue weighted by atomic mass is 10.1. The first-order valence-electron chi connectivity index (χ1n) is 13.5. The van der Waals surface area contributed by atoms with Crippen LogP contribution in [0, 0.1) is 13.8 Å². The van der Waals surface area contributed by atoms with E-state index in [0.29, 0.717) is 23.7 Å². The maximum absolute atomic E-state index is 14.2. The number of nitrogens with zero attached hydrogens (tertiary/aromatic N) is 2. The largest absolute Gasteiger partial charge is 0.497 e. The number of amides is 2. The molecule has 3 aromatic rings. The number of hydrogen-bond donors (Lipinski definition) is 1. The van der Waals surface area contributed by atoms with Crippen LogP contribution >= 0.6 is 0 Å². The minimum atomic E-state index is -4.28. The Morgan fingerprint density at radius 1 is 0.881 bits per heavy atom. The normalized spacial score (nSPS) is 11.8. The van der Waals surface area contributed by atoms with E-state index in [1.54, 1.807) is 51.3 Å². The highest BCUT2D eigenvalue weighted by molar-refractivity contribution is 7.92. The molecule has 2 amide bonds. The maximum Gasteiger partial charge on any atom is 0.264 e. The Labute approximate surface area is 248 Å². The van der Waals surface area contributed by atoms with Gasteiger partial charge < -0.3 is 24.4 Å². The maximum atomic E-state index is 14.2. The molecule has 0 saturated carbocycles. The van der Waals surface area contributed by atoms with Crippen LogP contribution in [0.15, 0.2) is 65.6 Å². The molecular formula is C31H39N3O7S. The van der Waals surface area contributed by atoms with Crippen molar-refractivity contribution in [3.63, 3.8) is 0 Å². The monoisotopic (exact) mass is 597 g/mol. The van der Waals surface area contributed by atoms with E-state index in [4.69, 9.17) is 14.2 Å². The van der Waals surface area contributed by atoms with Crippen molar-refractivity contribution in [3.8, 4) is 17.2 Å². The summed E-state index contributed by atoms with van der Waals surface area (Å²) in [5.41, 5.74) is 2.70. The van der Waals surface area contributed by atoms with Gasteiger partial charge in [-0.1, -0.05) is 18.2 Å². The molecule has 3 rings (SSSR count). The Hall–Kier alpha value is -4.25. The summed E-state index contributed by atoms with van der Waals surface area (Å²) < 4.78 is 45.4. The first kappa shape index (κ1) is 32.3. The van der Waals surface area contributed by atoms with Crippen LogP contribution < -0.4 is 23.8 Å². The van der Waals surface area contributed by atoms with Gasteiger partial charge in [-0.2, -0.15) is 0 Å². The first-order chi connectivity index (χ1) is 19.9. The molecule has 0 aromatic heterocycles. The van der Waals surface area contributed by atoms with Gasteiger partial charge in [-0.25, -0.2) is 8.42 Å². The van der Waals surface area contributed by atoms with E-state index >= 15 is 0 Å². The summed E-state index contributed by atoms with van der Waals surface area (Å²) in [6, 6.07) is 15.9. The predicted molar refractivity (Wildman–Crippen MR) is 162 cm³/mol. The van der Waals surface area contributed by atoms with Crippen molar-refractivity contribution in [2.45, 2.75) is 45.2 Å². The fraction of sp³-hybridized carbons (Fsp3) is 0.355. The van der Waals surface area contributed by atoms with Gasteiger partial charge in [0.2, 0.25) is 11.8 Å². The van der Waals surface area contributed by atoms with Gasteiger partial charge in [0.25, 0.3) is 10.0 Å². The molecule has 0 aliphatic carbocycles. The molecule has 0 fully saturated rings. The summed E-state index contributed by atoms with van der Waals surface area (Å²) >= 11 is 0. The number of aryl methyl sites for hydroxylation is 2. The van der Waals surface area contributed by atoms with Crippen molar-refractivity contribution >= 4 is 27.5 Å². The van der Waals surface area contributed by atoms with Crippen molar-refractivity contribution in [3.05, 3.63) is 77.4 Å². The molecular weight excluding hydrogens is 558 g/mol. The van der Waals surface area contributed by atoms with Gasteiger partial charge in [0.1, 0.15) is 18.3 Å². The summed E-state index contributed by atoms with van der Waals surface area (Å²) in [7, 11) is 0.131. The SMILES string of the molecule is CCNC(=O)C(C)N(Cc1cccc(OC)c1)C(=O)CN(c1cc(C)cc(C)c1)S(=O)(=O)c1ccc(OC)c(OC)c1. The van der Waals surface area contributed by atoms with Crippen LogP contribution in [0.5, 0.6) is 17.2 Å². The highest BCUT2D eigenvalue weighted by Gasteiger charge is 2.33. The number of rotatable bonds is 13. The van der Waals surface area contributed by atoms with Crippen molar-refractivity contribution in [1.29, 1.82) is 0 Å². The number of likely N-dealkylation sites (N-methyl/N-ethyl adjacent to an activating group) is 1. The van der Waals surface area contributed by atoms with E-state index in [1.807, 2.05) is 26.0 Å². The van der Waals surface area contributed by atoms with Gasteiger partial charge in [0, 0.05) is 19.2 Å². The Morgan fingerprint density at radius 3 is 2.14 bits per heavy atom. The topological polar surface area (TPSA) is 114 Å². The summed E-state index contributed by atoms with van der Waals surface area (Å²) in [6.45, 7) is 7.01. The number of methoxy groups -OCH3 is 3. The van der Waals surface area contributed by atoms with Crippen LogP contribution in [0.1, 0.15) is 30.5 Å². The third-order valence-corrected chi connectivity index (χ3v) is 8.49. The average molecular weight is 598 g/mol. The first-order valence-corrected chi connectivity index (χ1v) is 14.9. The third-order valence-electron chi connectivity index (χ3n) is 6.72. The molecule has 1 atom stereocenters. The quantitative estimate of drug-likeness (QED) is 0.316. The molecule has 11 heteroatoms. The lowest BCUT2D eigenvalue weighted by molar-refractivity contribution is -0.139. The Balaban J connectivity index is 2.11. The molecule has 0 bridgehead atoms. The fourth-order valence-corrected chi connectivity index (χ4v) is 6.01. The summed E-state index contributed by atoms with van der Waals surface area (Å²) in [5.74, 6) is 0.285. The van der Waals surface area contributed by atoms with Crippen molar-refractivity contribution in [2.24, 2.45) is 0 Å². The molecule has 42 heavy (non-hydrogen) atoms. The van der Waals surface area contributed by atoms with Crippen LogP contribution in [-0.4, -0.2) is 65.6 Å². The number of carbonyl (C=O) groups is 2. The highest BCUT2D eigenvalue weighted by atomic mass is 32.2. The minimum Gasteiger partial charge on any atom is -0.497 e. The number of benzene rings is 3. The van der Waals surface area contributed by atoms with Gasteiger partial charge in [0.15, 0.2) is 11.5 Å². The molecule has 0 saturated heterocycles. The number of carbonyl (C=O) groups excluding carboxylic acids is 2. The van der Waals surface area contributed by atoms with Gasteiger partial charge in [-0.3, -0.25) is 13.9 Å². The Morgan fingerprint density at radius 2 is 1.55 bits per heavy atom. The molecule has 0 aliphatic rings. The molecule has 1 unspecified atom stereocenters. The van der Waals surface area contributed by atoms with E-state index in [9.17, 15) is 18.0 Å². The van der Waals surface area contributed by atoms with Crippen LogP contribution in [0.25, 0.3) is 0 Å². The summed E-state index contributed by atoms with van der Waals surface area (Å²) in [6.07, 6.45) is 0. The fourth-order valence-electron chi connectivity index (χ4n) is 4.60. The second kappa shape index (κ2) is 14.1. The van der Waals surface area contributed by atoms with E-state index in [1.165, 1.54) is 37.3 Å². The van der Waals surface area contributed by atoms with Gasteiger partial charge >= 0.3 is 0 Å². The van der Waals surface area contributed by atoms with Crippen molar-refractivity contribution < 1.29 is 32.2 Å². The van der Waals surface area contributed by atoms with Gasteiger partial charge in [-0.15, -0.1) is 0 Å². The van der Waals surface area contributed by atoms with Gasteiger partial charge in [0.05, 0.1) is 31.9 Å². The Bertz CT molecular complexity index is 1500. The minimum absolute atomic E-state index is 0.0609. The van der Waals surface area contributed by atoms with E-state index in [-0.39, 0.29) is 23.1 Å². The summed E-state index contributed by atoms with van der Waals surface area (Å²) in [5, 5.41) is 2.75. The van der Waals surface area contributed by atoms with Crippen molar-refractivity contribution in [2.75, 3.05) is 38.7 Å². The van der Waals surface area contributed by atoms with E-state index in [2.05, 4.69) is 5.32 Å². The van der Waals surface area contributed by atoms with E-state index in [0.717, 1.165) is 21.0 Å². The molecule has 3 aromatic carbocycles. The molecule has 0 radical (unpaired) electrons. The lowest BCUT2D eigenvalue weighted by Crippen LogP contribution is -2.51. The number of anilines is 1. The third kappa shape index (κ3) is 7.52. The summed E-state index contributed by atoms with van der Waals surface area (Å²) in [4.78, 5) is 28.3. The second-order valence-electron chi connectivity index (χ2n) is 9.82. The number of hydrogen-bond acceptors (Lipinski definition) is 7. The number of nitrogens with one attached hydrogen (secondary N) is 1. The zero-order valence-electron chi connectivity index (χ0n) is 25.1. The molecule has 0 heterocycles. The molecule has 0 aliphatic heterocycles. The standard InChI is InChI=1S/C31H39N3O7S/c1-8-32-31(36)23(4)33(19-24-10-9-11-26(17-24)39-5)30(35)20-34(25-15-21(2)14-22(3)16-25)42(37,38)27-12-13-28(40-6)29(18-27)41-7/h9-18,23H,8,19-20H2,1-7H3,(H,32,36). The highest BCUT2D eigenvalue weighted by Crippen LogP contribution is 2.33. The molecule has 10 nitrogen and oxygen atoms in total. The zero-order valence-corrected chi connectivity index (χ0v) is 25.9. The number of ether oxygens (including phenoxy) is 3. The zero-order chi connectivity index (χ0) is 31.0. The van der Waals surface area contributed by atoms with Crippen LogP contribution in [0.3, 0.4) is 0 Å². The molecule has 226 valence electrons. The predicted octanol–water partition coefficient (Wildman–Crippen LogP) is 4.08. The molecule has 1 N–H and O–H groups in total. The second-order valence-corrected chi connectivity index (χ2v) is 11.7. The average Bonchev–Trinajstić information content (AvgIpc) is 2.97. The Kier molecular flexibility index (Phi) is 10.8. The van der Waals surface area contributed by atoms with Crippen LogP contribution in [0.2, 0.25) is 0 Å². The van der Waals surface area contributed by atoms with Crippen LogP contribution in [-0.2, 0) is 26.2 Å². The van der Waals surface area contributed by atoms with Gasteiger partial charge in [-0.05, 0) is 80.8 Å².